The van der Waals surface area contributed by atoms with E-state index >= 15 is 0 Å². The first kappa shape index (κ1) is 21.6. The molecular formula is C21H23F2N7O2. The van der Waals surface area contributed by atoms with Gasteiger partial charge in [0.25, 0.3) is 0 Å². The molecule has 1 aliphatic heterocycles. The van der Waals surface area contributed by atoms with Gasteiger partial charge in [-0.3, -0.25) is 4.79 Å². The van der Waals surface area contributed by atoms with Crippen LogP contribution in [0.15, 0.2) is 42.7 Å². The van der Waals surface area contributed by atoms with Crippen LogP contribution in [0.25, 0.3) is 11.4 Å². The van der Waals surface area contributed by atoms with Gasteiger partial charge in [-0.1, -0.05) is 6.92 Å². The van der Waals surface area contributed by atoms with Crippen LogP contribution < -0.4 is 9.64 Å². The van der Waals surface area contributed by atoms with Crippen LogP contribution in [0.5, 0.6) is 5.75 Å². The fourth-order valence-electron chi connectivity index (χ4n) is 3.51. The van der Waals surface area contributed by atoms with Gasteiger partial charge < -0.3 is 14.5 Å². The molecule has 1 fully saturated rings. The van der Waals surface area contributed by atoms with E-state index in [1.54, 1.807) is 40.2 Å². The second-order valence-electron chi connectivity index (χ2n) is 7.18. The summed E-state index contributed by atoms with van der Waals surface area (Å²) in [5, 5.41) is 4.48. The topological polar surface area (TPSA) is 89.3 Å². The van der Waals surface area contributed by atoms with Crippen molar-refractivity contribution in [2.45, 2.75) is 26.5 Å². The Hall–Kier alpha value is -3.63. The summed E-state index contributed by atoms with van der Waals surface area (Å²) in [5.41, 5.74) is 0.656. The number of anilines is 1. The molecular weight excluding hydrogens is 420 g/mol. The highest BCUT2D eigenvalue weighted by Gasteiger charge is 2.24. The number of carbonyl (C=O) groups is 1. The van der Waals surface area contributed by atoms with Gasteiger partial charge in [0, 0.05) is 50.6 Å². The molecule has 4 rings (SSSR count). The number of piperazine rings is 1. The van der Waals surface area contributed by atoms with Gasteiger partial charge in [-0.2, -0.15) is 13.9 Å². The summed E-state index contributed by atoms with van der Waals surface area (Å²) in [5.74, 6) is 1.81. The molecule has 168 valence electrons. The minimum atomic E-state index is -2.88. The Labute approximate surface area is 183 Å². The molecule has 11 heteroatoms. The molecule has 3 heterocycles. The van der Waals surface area contributed by atoms with Crippen molar-refractivity contribution in [3.63, 3.8) is 0 Å². The quantitative estimate of drug-likeness (QED) is 0.553. The maximum Gasteiger partial charge on any atom is 0.387 e. The first-order chi connectivity index (χ1) is 15.5. The minimum absolute atomic E-state index is 0.0366. The molecule has 1 saturated heterocycles. The molecule has 2 aromatic heterocycles. The van der Waals surface area contributed by atoms with E-state index in [1.807, 2.05) is 6.92 Å². The van der Waals surface area contributed by atoms with Crippen LogP contribution in [0, 0.1) is 0 Å². The highest BCUT2D eigenvalue weighted by atomic mass is 19.3. The highest BCUT2D eigenvalue weighted by molar-refractivity contribution is 5.76. The lowest BCUT2D eigenvalue weighted by Gasteiger charge is -2.34. The zero-order valence-electron chi connectivity index (χ0n) is 17.6. The van der Waals surface area contributed by atoms with Gasteiger partial charge in [0.1, 0.15) is 18.1 Å². The summed E-state index contributed by atoms with van der Waals surface area (Å²) in [7, 11) is 0. The molecule has 0 atom stereocenters. The summed E-state index contributed by atoms with van der Waals surface area (Å²) >= 11 is 0. The first-order valence-electron chi connectivity index (χ1n) is 10.3. The smallest absolute Gasteiger partial charge is 0.387 e. The predicted octanol–water partition coefficient (Wildman–Crippen LogP) is 2.25. The van der Waals surface area contributed by atoms with E-state index < -0.39 is 6.61 Å². The summed E-state index contributed by atoms with van der Waals surface area (Å²) in [6.45, 7) is 1.62. The number of hydrogen-bond acceptors (Lipinski definition) is 7. The number of rotatable bonds is 7. The number of amides is 1. The lowest BCUT2D eigenvalue weighted by Crippen LogP contribution is -2.50. The van der Waals surface area contributed by atoms with Gasteiger partial charge in [0.05, 0.1) is 0 Å². The number of hydrogen-bond donors (Lipinski definition) is 0. The zero-order chi connectivity index (χ0) is 22.5. The number of halogens is 2. The first-order valence-corrected chi connectivity index (χ1v) is 10.3. The van der Waals surface area contributed by atoms with E-state index in [-0.39, 0.29) is 18.2 Å². The van der Waals surface area contributed by atoms with Gasteiger partial charge in [0.15, 0.2) is 5.82 Å². The van der Waals surface area contributed by atoms with Crippen molar-refractivity contribution in [2.24, 2.45) is 0 Å². The number of benzene rings is 1. The Morgan fingerprint density at radius 1 is 1.09 bits per heavy atom. The molecule has 0 spiro atoms. The van der Waals surface area contributed by atoms with Crippen molar-refractivity contribution in [3.8, 4) is 17.1 Å². The molecule has 0 aliphatic carbocycles. The van der Waals surface area contributed by atoms with Crippen molar-refractivity contribution in [1.82, 2.24) is 29.6 Å². The fraction of sp³-hybridized carbons (Fsp3) is 0.381. The molecule has 1 aromatic carbocycles. The van der Waals surface area contributed by atoms with Crippen LogP contribution in [0.1, 0.15) is 12.7 Å². The Balaban J connectivity index is 1.40. The van der Waals surface area contributed by atoms with Crippen LogP contribution in [0.3, 0.4) is 0 Å². The molecule has 0 unspecified atom stereocenters. The summed E-state index contributed by atoms with van der Waals surface area (Å²) in [6.07, 6.45) is 4.01. The number of aryl methyl sites for hydroxylation is 1. The third-order valence-electron chi connectivity index (χ3n) is 5.15. The number of ether oxygens (including phenoxy) is 1. The third kappa shape index (κ3) is 4.98. The molecule has 0 bridgehead atoms. The molecule has 0 N–H and O–H groups in total. The average molecular weight is 443 g/mol. The lowest BCUT2D eigenvalue weighted by molar-refractivity contribution is -0.132. The number of carbonyl (C=O) groups excluding carboxylic acids is 1. The van der Waals surface area contributed by atoms with E-state index in [2.05, 4.69) is 29.7 Å². The normalized spacial score (nSPS) is 14.1. The number of nitrogens with zero attached hydrogens (tertiary/aromatic N) is 7. The van der Waals surface area contributed by atoms with Crippen LogP contribution in [0.2, 0.25) is 0 Å². The maximum absolute atomic E-state index is 12.9. The second-order valence-corrected chi connectivity index (χ2v) is 7.18. The minimum Gasteiger partial charge on any atom is -0.435 e. The van der Waals surface area contributed by atoms with Crippen molar-refractivity contribution in [2.75, 3.05) is 31.1 Å². The maximum atomic E-state index is 12.9. The molecule has 3 aromatic rings. The van der Waals surface area contributed by atoms with Crippen molar-refractivity contribution < 1.29 is 18.3 Å². The highest BCUT2D eigenvalue weighted by Crippen LogP contribution is 2.21. The standard InChI is InChI=1S/C21H23F2N7O2/c1-2-17-26-19(15-4-6-16(7-5-15)32-20(22)23)27-30(17)14-18(31)28-10-12-29(13-11-28)21-24-8-3-9-25-21/h3-9,20H,2,10-14H2,1H3. The van der Waals surface area contributed by atoms with Crippen LogP contribution >= 0.6 is 0 Å². The lowest BCUT2D eigenvalue weighted by atomic mass is 10.2. The predicted molar refractivity (Wildman–Crippen MR) is 112 cm³/mol. The van der Waals surface area contributed by atoms with Gasteiger partial charge in [-0.15, -0.1) is 0 Å². The Kier molecular flexibility index (Phi) is 6.52. The number of alkyl halides is 2. The van der Waals surface area contributed by atoms with E-state index in [1.165, 1.54) is 12.1 Å². The third-order valence-corrected chi connectivity index (χ3v) is 5.15. The largest absolute Gasteiger partial charge is 0.435 e. The van der Waals surface area contributed by atoms with E-state index in [0.29, 0.717) is 55.8 Å². The van der Waals surface area contributed by atoms with Crippen LogP contribution in [-0.4, -0.2) is 68.3 Å². The molecule has 0 saturated carbocycles. The summed E-state index contributed by atoms with van der Waals surface area (Å²) in [4.78, 5) is 29.7. The Morgan fingerprint density at radius 2 is 1.78 bits per heavy atom. The molecule has 32 heavy (non-hydrogen) atoms. The van der Waals surface area contributed by atoms with Crippen LogP contribution in [-0.2, 0) is 17.8 Å². The van der Waals surface area contributed by atoms with Crippen molar-refractivity contribution in [3.05, 3.63) is 48.5 Å². The van der Waals surface area contributed by atoms with Gasteiger partial charge in [0.2, 0.25) is 11.9 Å². The Morgan fingerprint density at radius 3 is 2.41 bits per heavy atom. The van der Waals surface area contributed by atoms with E-state index in [9.17, 15) is 13.6 Å². The summed E-state index contributed by atoms with van der Waals surface area (Å²) < 4.78 is 30.6. The Bertz CT molecular complexity index is 1040. The van der Waals surface area contributed by atoms with E-state index in [4.69, 9.17) is 0 Å². The van der Waals surface area contributed by atoms with Crippen molar-refractivity contribution >= 4 is 11.9 Å². The average Bonchev–Trinajstić information content (AvgIpc) is 3.22. The SMILES string of the molecule is CCc1nc(-c2ccc(OC(F)F)cc2)nn1CC(=O)N1CCN(c2ncccn2)CC1. The van der Waals surface area contributed by atoms with Gasteiger partial charge >= 0.3 is 6.61 Å². The molecule has 9 nitrogen and oxygen atoms in total. The molecule has 1 aliphatic rings. The fourth-order valence-corrected chi connectivity index (χ4v) is 3.51. The van der Waals surface area contributed by atoms with E-state index in [0.717, 1.165) is 0 Å². The second kappa shape index (κ2) is 9.67. The van der Waals surface area contributed by atoms with Crippen LogP contribution in [0.4, 0.5) is 14.7 Å². The van der Waals surface area contributed by atoms with Crippen molar-refractivity contribution in [1.29, 1.82) is 0 Å². The molecule has 0 radical (unpaired) electrons. The summed E-state index contributed by atoms with van der Waals surface area (Å²) in [6, 6.07) is 7.88. The number of aromatic nitrogens is 5. The van der Waals surface area contributed by atoms with Gasteiger partial charge in [-0.05, 0) is 30.3 Å². The van der Waals surface area contributed by atoms with Gasteiger partial charge in [-0.25, -0.2) is 19.6 Å². The molecule has 1 amide bonds. The zero-order valence-corrected chi connectivity index (χ0v) is 17.6. The monoisotopic (exact) mass is 443 g/mol.